The maximum atomic E-state index is 13.3. The Bertz CT molecular complexity index is 1040. The van der Waals surface area contributed by atoms with Crippen molar-refractivity contribution in [3.8, 4) is 0 Å². The van der Waals surface area contributed by atoms with Gasteiger partial charge in [0.2, 0.25) is 5.91 Å². The molecule has 0 spiro atoms. The zero-order valence-corrected chi connectivity index (χ0v) is 16.5. The van der Waals surface area contributed by atoms with Crippen LogP contribution in [0.3, 0.4) is 0 Å². The summed E-state index contributed by atoms with van der Waals surface area (Å²) in [5.41, 5.74) is 4.62. The van der Waals surface area contributed by atoms with E-state index in [4.69, 9.17) is 0 Å². The fraction of sp³-hybridized carbons (Fsp3) is 0.304. The minimum atomic E-state index is -0.0996. The Kier molecular flexibility index (Phi) is 4.67. The lowest BCUT2D eigenvalue weighted by Gasteiger charge is -2.39. The number of rotatable bonds is 3. The molecule has 0 radical (unpaired) electrons. The van der Waals surface area contributed by atoms with E-state index in [0.29, 0.717) is 12.2 Å². The van der Waals surface area contributed by atoms with Crippen LogP contribution in [0.15, 0.2) is 48.5 Å². The Hall–Kier alpha value is -3.08. The molecule has 5 nitrogen and oxygen atoms in total. The lowest BCUT2D eigenvalue weighted by Crippen LogP contribution is -2.57. The van der Waals surface area contributed by atoms with Gasteiger partial charge in [0, 0.05) is 29.2 Å². The molecule has 5 heteroatoms. The van der Waals surface area contributed by atoms with Gasteiger partial charge in [-0.2, -0.15) is 0 Å². The zero-order chi connectivity index (χ0) is 19.8. The van der Waals surface area contributed by atoms with Crippen molar-refractivity contribution in [2.75, 3.05) is 18.0 Å². The number of aromatic amines is 1. The molecule has 1 atom stereocenters. The van der Waals surface area contributed by atoms with Crippen molar-refractivity contribution in [3.63, 3.8) is 0 Å². The van der Waals surface area contributed by atoms with E-state index in [-0.39, 0.29) is 24.4 Å². The lowest BCUT2D eigenvalue weighted by atomic mass is 10.1. The van der Waals surface area contributed by atoms with Crippen LogP contribution >= 0.6 is 0 Å². The summed E-state index contributed by atoms with van der Waals surface area (Å²) in [6.07, 6.45) is 0.761. The van der Waals surface area contributed by atoms with Gasteiger partial charge in [0.1, 0.15) is 12.2 Å². The van der Waals surface area contributed by atoms with Crippen LogP contribution in [0.1, 0.15) is 35.5 Å². The number of piperazine rings is 1. The van der Waals surface area contributed by atoms with Gasteiger partial charge < -0.3 is 14.8 Å². The van der Waals surface area contributed by atoms with Crippen LogP contribution in [-0.4, -0.2) is 40.8 Å². The molecule has 0 aliphatic carbocycles. The predicted molar refractivity (Wildman–Crippen MR) is 112 cm³/mol. The Balaban J connectivity index is 1.61. The number of H-pyrrole nitrogens is 1. The van der Waals surface area contributed by atoms with Crippen LogP contribution in [0.25, 0.3) is 10.9 Å². The van der Waals surface area contributed by atoms with Gasteiger partial charge in [-0.15, -0.1) is 0 Å². The number of aryl methyl sites for hydroxylation is 2. The first-order chi connectivity index (χ1) is 13.5. The van der Waals surface area contributed by atoms with Gasteiger partial charge >= 0.3 is 0 Å². The molecule has 3 aromatic rings. The fourth-order valence-electron chi connectivity index (χ4n) is 3.99. The molecule has 1 unspecified atom stereocenters. The molecule has 4 rings (SSSR count). The molecule has 0 saturated carbocycles. The second-order valence-corrected chi connectivity index (χ2v) is 7.50. The number of carbonyl (C=O) groups is 2. The second kappa shape index (κ2) is 7.15. The largest absolute Gasteiger partial charge is 0.350 e. The first kappa shape index (κ1) is 18.3. The number of hydrogen-bond acceptors (Lipinski definition) is 2. The first-order valence-corrected chi connectivity index (χ1v) is 9.77. The highest BCUT2D eigenvalue weighted by Gasteiger charge is 2.35. The smallest absolute Gasteiger partial charge is 0.271 e. The van der Waals surface area contributed by atoms with Gasteiger partial charge in [0.05, 0.1) is 0 Å². The van der Waals surface area contributed by atoms with E-state index in [1.165, 1.54) is 0 Å². The van der Waals surface area contributed by atoms with Crippen LogP contribution < -0.4 is 4.90 Å². The Morgan fingerprint density at radius 1 is 1.14 bits per heavy atom. The summed E-state index contributed by atoms with van der Waals surface area (Å²) in [6.45, 7) is 6.66. The molecule has 2 heterocycles. The van der Waals surface area contributed by atoms with Crippen molar-refractivity contribution in [3.05, 3.63) is 65.4 Å². The van der Waals surface area contributed by atoms with Crippen LogP contribution in [0.5, 0.6) is 0 Å². The molecule has 2 aromatic carbocycles. The SMILES string of the molecule is CCc1c(C(=O)N2CC(=O)N(c3ccc(C)cc3)CC2C)[nH]c2ccccc12. The normalized spacial score (nSPS) is 17.4. The standard InChI is InChI=1S/C23H25N3O2/c1-4-18-19-7-5-6-8-20(19)24-22(18)23(28)25-14-21(27)26(13-16(25)3)17-11-9-15(2)10-12-17/h5-12,16,24H,4,13-14H2,1-3H3. The quantitative estimate of drug-likeness (QED) is 0.754. The number of anilines is 1. The third kappa shape index (κ3) is 3.07. The summed E-state index contributed by atoms with van der Waals surface area (Å²) < 4.78 is 0. The second-order valence-electron chi connectivity index (χ2n) is 7.50. The Morgan fingerprint density at radius 3 is 2.57 bits per heavy atom. The number of carbonyl (C=O) groups excluding carboxylic acids is 2. The molecule has 1 fully saturated rings. The summed E-state index contributed by atoms with van der Waals surface area (Å²) in [7, 11) is 0. The maximum absolute atomic E-state index is 13.3. The van der Waals surface area contributed by atoms with Crippen molar-refractivity contribution in [2.24, 2.45) is 0 Å². The van der Waals surface area contributed by atoms with Gasteiger partial charge in [-0.05, 0) is 44.0 Å². The molecule has 2 amide bonds. The van der Waals surface area contributed by atoms with Gasteiger partial charge in [-0.1, -0.05) is 42.8 Å². The Labute approximate surface area is 165 Å². The van der Waals surface area contributed by atoms with Crippen LogP contribution in [-0.2, 0) is 11.2 Å². The number of amides is 2. The van der Waals surface area contributed by atoms with E-state index in [2.05, 4.69) is 11.9 Å². The molecule has 1 N–H and O–H groups in total. The van der Waals surface area contributed by atoms with E-state index >= 15 is 0 Å². The monoisotopic (exact) mass is 375 g/mol. The van der Waals surface area contributed by atoms with E-state index in [1.807, 2.05) is 62.4 Å². The molecule has 0 bridgehead atoms. The average Bonchev–Trinajstić information content (AvgIpc) is 3.08. The molecular weight excluding hydrogens is 350 g/mol. The van der Waals surface area contributed by atoms with E-state index < -0.39 is 0 Å². The van der Waals surface area contributed by atoms with Crippen LogP contribution in [0.4, 0.5) is 5.69 Å². The topological polar surface area (TPSA) is 56.4 Å². The number of para-hydroxylation sites is 1. The fourth-order valence-corrected chi connectivity index (χ4v) is 3.99. The lowest BCUT2D eigenvalue weighted by molar-refractivity contribution is -0.121. The third-order valence-electron chi connectivity index (χ3n) is 5.57. The summed E-state index contributed by atoms with van der Waals surface area (Å²) >= 11 is 0. The maximum Gasteiger partial charge on any atom is 0.271 e. The highest BCUT2D eigenvalue weighted by atomic mass is 16.2. The van der Waals surface area contributed by atoms with Crippen molar-refractivity contribution in [1.29, 1.82) is 0 Å². The van der Waals surface area contributed by atoms with Crippen molar-refractivity contribution in [2.45, 2.75) is 33.2 Å². The van der Waals surface area contributed by atoms with Crippen molar-refractivity contribution in [1.82, 2.24) is 9.88 Å². The number of hydrogen-bond donors (Lipinski definition) is 1. The van der Waals surface area contributed by atoms with Gasteiger partial charge in [0.25, 0.3) is 5.91 Å². The number of benzene rings is 2. The van der Waals surface area contributed by atoms with E-state index in [0.717, 1.165) is 34.1 Å². The number of nitrogens with zero attached hydrogens (tertiary/aromatic N) is 2. The van der Waals surface area contributed by atoms with Crippen LogP contribution in [0, 0.1) is 6.92 Å². The number of aromatic nitrogens is 1. The summed E-state index contributed by atoms with van der Waals surface area (Å²) in [5.74, 6) is -0.151. The highest BCUT2D eigenvalue weighted by molar-refractivity contribution is 6.04. The molecule has 28 heavy (non-hydrogen) atoms. The Morgan fingerprint density at radius 2 is 1.86 bits per heavy atom. The molecule has 144 valence electrons. The third-order valence-corrected chi connectivity index (χ3v) is 5.57. The van der Waals surface area contributed by atoms with E-state index in [9.17, 15) is 9.59 Å². The highest BCUT2D eigenvalue weighted by Crippen LogP contribution is 2.26. The molecule has 1 aliphatic rings. The molecular formula is C23H25N3O2. The summed E-state index contributed by atoms with van der Waals surface area (Å²) in [5, 5.41) is 1.07. The summed E-state index contributed by atoms with van der Waals surface area (Å²) in [4.78, 5) is 32.9. The molecule has 1 aliphatic heterocycles. The molecule has 1 saturated heterocycles. The average molecular weight is 375 g/mol. The molecule has 1 aromatic heterocycles. The predicted octanol–water partition coefficient (Wildman–Crippen LogP) is 3.92. The van der Waals surface area contributed by atoms with Gasteiger partial charge in [-0.25, -0.2) is 0 Å². The number of fused-ring (bicyclic) bond motifs is 1. The number of nitrogens with one attached hydrogen (secondary N) is 1. The van der Waals surface area contributed by atoms with Crippen molar-refractivity contribution < 1.29 is 9.59 Å². The van der Waals surface area contributed by atoms with Gasteiger partial charge in [0.15, 0.2) is 0 Å². The van der Waals surface area contributed by atoms with Crippen molar-refractivity contribution >= 4 is 28.4 Å². The first-order valence-electron chi connectivity index (χ1n) is 9.77. The summed E-state index contributed by atoms with van der Waals surface area (Å²) in [6, 6.07) is 15.8. The zero-order valence-electron chi connectivity index (χ0n) is 16.5. The van der Waals surface area contributed by atoms with Crippen LogP contribution in [0.2, 0.25) is 0 Å². The minimum absolute atomic E-state index is 0.0514. The van der Waals surface area contributed by atoms with E-state index in [1.54, 1.807) is 9.80 Å². The van der Waals surface area contributed by atoms with Gasteiger partial charge in [-0.3, -0.25) is 9.59 Å². The minimum Gasteiger partial charge on any atom is -0.350 e.